The van der Waals surface area contributed by atoms with Crippen molar-refractivity contribution in [2.24, 2.45) is 0 Å². The molecule has 0 radical (unpaired) electrons. The molecule has 1 aromatic heterocycles. The highest BCUT2D eigenvalue weighted by Crippen LogP contribution is 2.40. The maximum Gasteiger partial charge on any atom is 0.226 e. The van der Waals surface area contributed by atoms with Gasteiger partial charge < -0.3 is 5.32 Å². The van der Waals surface area contributed by atoms with Crippen LogP contribution in [0, 0.1) is 6.92 Å². The standard InChI is InChI=1S/C24H24N4O/c1-3-16-10-12-17(13-11-16)22-21-19(8-5-9-20(21)29)25-24-26-23(27-28(22)24)18-7-4-6-15(2)14-18/h4,6-7,10-14,22H,3,5,8-9H2,1-2H3,(H,25,26,27). The second-order valence-corrected chi connectivity index (χ2v) is 7.86. The first-order chi connectivity index (χ1) is 14.1. The average molecular weight is 384 g/mol. The van der Waals surface area contributed by atoms with E-state index < -0.39 is 0 Å². The van der Waals surface area contributed by atoms with E-state index in [4.69, 9.17) is 10.1 Å². The van der Waals surface area contributed by atoms with Gasteiger partial charge in [-0.05, 0) is 43.4 Å². The van der Waals surface area contributed by atoms with E-state index in [0.717, 1.165) is 41.7 Å². The minimum absolute atomic E-state index is 0.210. The molecular weight excluding hydrogens is 360 g/mol. The Hall–Kier alpha value is -3.21. The fourth-order valence-electron chi connectivity index (χ4n) is 4.31. The predicted octanol–water partition coefficient (Wildman–Crippen LogP) is 4.84. The molecule has 1 aliphatic carbocycles. The SMILES string of the molecule is CCc1ccc(C2C3=C(CCCC3=O)Nc3nc(-c4cccc(C)c4)nn32)cc1. The molecule has 0 spiro atoms. The maximum atomic E-state index is 12.9. The van der Waals surface area contributed by atoms with Gasteiger partial charge in [0.2, 0.25) is 5.95 Å². The molecule has 1 aliphatic heterocycles. The average Bonchev–Trinajstić information content (AvgIpc) is 3.16. The summed E-state index contributed by atoms with van der Waals surface area (Å²) in [7, 11) is 0. The van der Waals surface area contributed by atoms with Crippen LogP contribution in [0.15, 0.2) is 59.8 Å². The number of carbonyl (C=O) groups excluding carboxylic acids is 1. The molecule has 3 aromatic rings. The summed E-state index contributed by atoms with van der Waals surface area (Å²) in [6, 6.07) is 16.5. The van der Waals surface area contributed by atoms with Gasteiger partial charge in [0.15, 0.2) is 11.6 Å². The molecule has 1 unspecified atom stereocenters. The van der Waals surface area contributed by atoms with Crippen LogP contribution in [0.2, 0.25) is 0 Å². The summed E-state index contributed by atoms with van der Waals surface area (Å²) in [6.45, 7) is 4.21. The smallest absolute Gasteiger partial charge is 0.226 e. The highest BCUT2D eigenvalue weighted by Gasteiger charge is 2.36. The van der Waals surface area contributed by atoms with Crippen molar-refractivity contribution in [1.29, 1.82) is 0 Å². The summed E-state index contributed by atoms with van der Waals surface area (Å²) < 4.78 is 1.89. The number of nitrogens with one attached hydrogen (secondary N) is 1. The summed E-state index contributed by atoms with van der Waals surface area (Å²) in [5, 5.41) is 8.25. The van der Waals surface area contributed by atoms with Crippen LogP contribution in [0.3, 0.4) is 0 Å². The third-order valence-electron chi connectivity index (χ3n) is 5.85. The number of anilines is 1. The zero-order valence-corrected chi connectivity index (χ0v) is 16.8. The molecule has 2 heterocycles. The molecule has 2 aliphatic rings. The molecule has 1 N–H and O–H groups in total. The Morgan fingerprint density at radius 2 is 1.97 bits per heavy atom. The van der Waals surface area contributed by atoms with Crippen LogP contribution in [0.1, 0.15) is 48.9 Å². The van der Waals surface area contributed by atoms with Crippen molar-refractivity contribution in [3.8, 4) is 11.4 Å². The molecule has 146 valence electrons. The number of benzene rings is 2. The molecule has 0 saturated heterocycles. The van der Waals surface area contributed by atoms with E-state index in [9.17, 15) is 4.79 Å². The number of hydrogen-bond donors (Lipinski definition) is 1. The normalized spacial score (nSPS) is 18.3. The molecule has 0 fully saturated rings. The molecule has 0 amide bonds. The maximum absolute atomic E-state index is 12.9. The molecule has 0 bridgehead atoms. The van der Waals surface area contributed by atoms with Gasteiger partial charge in [-0.2, -0.15) is 4.98 Å². The molecule has 0 saturated carbocycles. The van der Waals surface area contributed by atoms with Crippen LogP contribution in [-0.4, -0.2) is 20.5 Å². The Labute approximate surface area is 170 Å². The van der Waals surface area contributed by atoms with E-state index in [2.05, 4.69) is 55.6 Å². The number of rotatable bonds is 3. The first kappa shape index (κ1) is 17.9. The van der Waals surface area contributed by atoms with Gasteiger partial charge in [-0.25, -0.2) is 4.68 Å². The third kappa shape index (κ3) is 3.07. The summed E-state index contributed by atoms with van der Waals surface area (Å²) in [5.74, 6) is 1.60. The molecule has 5 nitrogen and oxygen atoms in total. The third-order valence-corrected chi connectivity index (χ3v) is 5.85. The summed E-state index contributed by atoms with van der Waals surface area (Å²) in [5.41, 5.74) is 6.36. The number of ketones is 1. The number of Topliss-reactive ketones (excluding diaryl/α,β-unsaturated/α-hetero) is 1. The van der Waals surface area contributed by atoms with E-state index in [1.807, 2.05) is 16.8 Å². The van der Waals surface area contributed by atoms with Crippen LogP contribution in [-0.2, 0) is 11.2 Å². The van der Waals surface area contributed by atoms with Gasteiger partial charge >= 0.3 is 0 Å². The largest absolute Gasteiger partial charge is 0.328 e. The monoisotopic (exact) mass is 384 g/mol. The van der Waals surface area contributed by atoms with Crippen LogP contribution >= 0.6 is 0 Å². The Kier molecular flexibility index (Phi) is 4.31. The van der Waals surface area contributed by atoms with Gasteiger partial charge in [0, 0.05) is 23.3 Å². The quantitative estimate of drug-likeness (QED) is 0.702. The summed E-state index contributed by atoms with van der Waals surface area (Å²) >= 11 is 0. The molecule has 29 heavy (non-hydrogen) atoms. The second kappa shape index (κ2) is 6.99. The van der Waals surface area contributed by atoms with E-state index in [1.54, 1.807) is 0 Å². The highest BCUT2D eigenvalue weighted by atomic mass is 16.1. The van der Waals surface area contributed by atoms with E-state index in [1.165, 1.54) is 11.1 Å². The van der Waals surface area contributed by atoms with E-state index in [0.29, 0.717) is 18.2 Å². The molecule has 5 heteroatoms. The topological polar surface area (TPSA) is 59.8 Å². The fraction of sp³-hybridized carbons (Fsp3) is 0.292. The lowest BCUT2D eigenvalue weighted by Gasteiger charge is -2.32. The fourth-order valence-corrected chi connectivity index (χ4v) is 4.31. The molecule has 2 aromatic carbocycles. The Bertz CT molecular complexity index is 1120. The number of aromatic nitrogens is 3. The highest BCUT2D eigenvalue weighted by molar-refractivity contribution is 5.99. The summed E-state index contributed by atoms with van der Waals surface area (Å²) in [6.07, 6.45) is 3.34. The predicted molar refractivity (Wildman–Crippen MR) is 114 cm³/mol. The Balaban J connectivity index is 1.66. The minimum atomic E-state index is -0.231. The van der Waals surface area contributed by atoms with Crippen molar-refractivity contribution in [2.75, 3.05) is 5.32 Å². The van der Waals surface area contributed by atoms with E-state index in [-0.39, 0.29) is 11.8 Å². The zero-order chi connectivity index (χ0) is 20.0. The van der Waals surface area contributed by atoms with Crippen molar-refractivity contribution in [3.05, 3.63) is 76.5 Å². The lowest BCUT2D eigenvalue weighted by atomic mass is 9.85. The van der Waals surface area contributed by atoms with Gasteiger partial charge in [0.25, 0.3) is 0 Å². The minimum Gasteiger partial charge on any atom is -0.328 e. The Morgan fingerprint density at radius 3 is 2.72 bits per heavy atom. The van der Waals surface area contributed by atoms with E-state index >= 15 is 0 Å². The zero-order valence-electron chi connectivity index (χ0n) is 16.8. The lowest BCUT2D eigenvalue weighted by molar-refractivity contribution is -0.116. The number of hydrogen-bond acceptors (Lipinski definition) is 4. The van der Waals surface area contributed by atoms with Crippen LogP contribution < -0.4 is 5.32 Å². The molecular formula is C24H24N4O. The van der Waals surface area contributed by atoms with Crippen molar-refractivity contribution >= 4 is 11.7 Å². The van der Waals surface area contributed by atoms with Crippen molar-refractivity contribution in [2.45, 2.75) is 45.6 Å². The molecule has 5 rings (SSSR count). The number of aryl methyl sites for hydroxylation is 2. The van der Waals surface area contributed by atoms with Gasteiger partial charge in [-0.3, -0.25) is 4.79 Å². The van der Waals surface area contributed by atoms with Crippen LogP contribution in [0.4, 0.5) is 5.95 Å². The van der Waals surface area contributed by atoms with Gasteiger partial charge in [-0.15, -0.1) is 5.10 Å². The van der Waals surface area contributed by atoms with Crippen molar-refractivity contribution in [3.63, 3.8) is 0 Å². The van der Waals surface area contributed by atoms with Gasteiger partial charge in [-0.1, -0.05) is 55.0 Å². The van der Waals surface area contributed by atoms with Crippen molar-refractivity contribution < 1.29 is 4.79 Å². The van der Waals surface area contributed by atoms with Crippen LogP contribution in [0.5, 0.6) is 0 Å². The first-order valence-corrected chi connectivity index (χ1v) is 10.3. The van der Waals surface area contributed by atoms with Crippen LogP contribution in [0.25, 0.3) is 11.4 Å². The second-order valence-electron chi connectivity index (χ2n) is 7.86. The molecule has 1 atom stereocenters. The Morgan fingerprint density at radius 1 is 1.14 bits per heavy atom. The lowest BCUT2D eigenvalue weighted by Crippen LogP contribution is -2.31. The summed E-state index contributed by atoms with van der Waals surface area (Å²) in [4.78, 5) is 17.7. The van der Waals surface area contributed by atoms with Gasteiger partial charge in [0.1, 0.15) is 6.04 Å². The van der Waals surface area contributed by atoms with Crippen molar-refractivity contribution in [1.82, 2.24) is 14.8 Å². The number of fused-ring (bicyclic) bond motifs is 1. The number of nitrogens with zero attached hydrogens (tertiary/aromatic N) is 3. The number of carbonyl (C=O) groups is 1. The first-order valence-electron chi connectivity index (χ1n) is 10.3. The number of allylic oxidation sites excluding steroid dienone is 2. The van der Waals surface area contributed by atoms with Gasteiger partial charge in [0.05, 0.1) is 0 Å².